The van der Waals surface area contributed by atoms with Gasteiger partial charge in [0, 0.05) is 24.7 Å². The van der Waals surface area contributed by atoms with Gasteiger partial charge in [0.2, 0.25) is 6.43 Å². The van der Waals surface area contributed by atoms with Crippen LogP contribution in [0, 0.1) is 11.7 Å². The molecule has 11 heteroatoms. The molecule has 0 amide bonds. The van der Waals surface area contributed by atoms with Crippen LogP contribution in [0.15, 0.2) is 41.3 Å². The van der Waals surface area contributed by atoms with Crippen LogP contribution in [0.5, 0.6) is 5.75 Å². The van der Waals surface area contributed by atoms with E-state index in [1.165, 1.54) is 17.0 Å². The maximum absolute atomic E-state index is 13.6. The number of methoxy groups -OCH3 is 1. The normalized spacial score (nSPS) is 18.6. The Labute approximate surface area is 175 Å². The second-order valence-corrected chi connectivity index (χ2v) is 9.22. The zero-order valence-electron chi connectivity index (χ0n) is 16.3. The third-order valence-electron chi connectivity index (χ3n) is 5.04. The van der Waals surface area contributed by atoms with Gasteiger partial charge in [-0.1, -0.05) is 0 Å². The summed E-state index contributed by atoms with van der Waals surface area (Å²) < 4.78 is 110. The number of rotatable bonds is 5. The van der Waals surface area contributed by atoms with Crippen molar-refractivity contribution in [3.05, 3.63) is 47.8 Å². The molecule has 2 aromatic rings. The van der Waals surface area contributed by atoms with Gasteiger partial charge >= 0.3 is 6.18 Å². The monoisotopic (exact) mass is 467 g/mol. The fourth-order valence-corrected chi connectivity index (χ4v) is 5.46. The van der Waals surface area contributed by atoms with Gasteiger partial charge in [0.05, 0.1) is 29.0 Å². The summed E-state index contributed by atoms with van der Waals surface area (Å²) in [5.74, 6) is -2.55. The minimum absolute atomic E-state index is 0.131. The van der Waals surface area contributed by atoms with Crippen molar-refractivity contribution in [2.45, 2.75) is 30.3 Å². The SMILES string of the molecule is COc1cc2c(cc1C(F)(F)F)N(c1ccc(F)cc1)CC(CCC(F)F)CS2(=O)=O. The van der Waals surface area contributed by atoms with E-state index in [-0.39, 0.29) is 24.3 Å². The van der Waals surface area contributed by atoms with E-state index in [0.29, 0.717) is 6.07 Å². The summed E-state index contributed by atoms with van der Waals surface area (Å²) in [5.41, 5.74) is -1.21. The van der Waals surface area contributed by atoms with Gasteiger partial charge in [-0.25, -0.2) is 21.6 Å². The number of fused-ring (bicyclic) bond motifs is 1. The maximum Gasteiger partial charge on any atom is 0.420 e. The molecule has 0 spiro atoms. The number of nitrogens with zero attached hydrogens (tertiary/aromatic N) is 1. The summed E-state index contributed by atoms with van der Waals surface area (Å²) in [6, 6.07) is 6.22. The molecule has 0 saturated heterocycles. The molecule has 0 aliphatic carbocycles. The molecule has 3 rings (SSSR count). The highest BCUT2D eigenvalue weighted by molar-refractivity contribution is 7.91. The first-order chi connectivity index (χ1) is 14.4. The summed E-state index contributed by atoms with van der Waals surface area (Å²) in [6.07, 6.45) is -8.18. The minimum atomic E-state index is -4.83. The van der Waals surface area contributed by atoms with E-state index in [1.807, 2.05) is 0 Å². The highest BCUT2D eigenvalue weighted by atomic mass is 32.2. The highest BCUT2D eigenvalue weighted by Crippen LogP contribution is 2.45. The first-order valence-electron chi connectivity index (χ1n) is 9.25. The summed E-state index contributed by atoms with van der Waals surface area (Å²) in [7, 11) is -3.14. The fraction of sp³-hybridized carbons (Fsp3) is 0.400. The van der Waals surface area contributed by atoms with E-state index in [2.05, 4.69) is 0 Å². The molecule has 0 radical (unpaired) electrons. The number of halogens is 6. The Balaban J connectivity index is 2.23. The Morgan fingerprint density at radius 2 is 1.81 bits per heavy atom. The van der Waals surface area contributed by atoms with Crippen LogP contribution in [0.25, 0.3) is 0 Å². The van der Waals surface area contributed by atoms with Crippen molar-refractivity contribution in [1.82, 2.24) is 0 Å². The molecule has 1 aliphatic heterocycles. The number of hydrogen-bond acceptors (Lipinski definition) is 4. The molecular weight excluding hydrogens is 448 g/mol. The van der Waals surface area contributed by atoms with E-state index in [4.69, 9.17) is 4.74 Å². The van der Waals surface area contributed by atoms with Gasteiger partial charge in [0.15, 0.2) is 9.84 Å². The van der Waals surface area contributed by atoms with Crippen LogP contribution in [0.4, 0.5) is 37.7 Å². The van der Waals surface area contributed by atoms with Crippen molar-refractivity contribution in [2.24, 2.45) is 5.92 Å². The second kappa shape index (κ2) is 8.60. The first-order valence-corrected chi connectivity index (χ1v) is 10.9. The van der Waals surface area contributed by atoms with Crippen LogP contribution in [0.1, 0.15) is 18.4 Å². The average molecular weight is 467 g/mol. The maximum atomic E-state index is 13.6. The Kier molecular flexibility index (Phi) is 6.45. The van der Waals surface area contributed by atoms with Crippen molar-refractivity contribution in [3.8, 4) is 5.75 Å². The van der Waals surface area contributed by atoms with Gasteiger partial charge in [-0.05, 0) is 42.7 Å². The lowest BCUT2D eigenvalue weighted by Crippen LogP contribution is -2.26. The zero-order chi connectivity index (χ0) is 23.0. The number of sulfone groups is 1. The molecule has 0 fully saturated rings. The predicted octanol–water partition coefficient (Wildman–Crippen LogP) is 5.44. The lowest BCUT2D eigenvalue weighted by Gasteiger charge is -2.28. The zero-order valence-corrected chi connectivity index (χ0v) is 17.1. The topological polar surface area (TPSA) is 46.6 Å². The predicted molar refractivity (Wildman–Crippen MR) is 102 cm³/mol. The van der Waals surface area contributed by atoms with E-state index in [0.717, 1.165) is 25.3 Å². The standard InChI is InChI=1S/C20H19F6NO3S/c1-30-17-9-18-16(8-15(17)20(24,25)26)27(14-5-3-13(21)4-6-14)10-12(2-7-19(22)23)11-31(18,28)29/h3-6,8-9,12,19H,2,7,10-11H2,1H3. The molecule has 1 atom stereocenters. The summed E-state index contributed by atoms with van der Waals surface area (Å²) in [4.78, 5) is 0.894. The number of anilines is 2. The van der Waals surface area contributed by atoms with Gasteiger partial charge < -0.3 is 9.64 Å². The third kappa shape index (κ3) is 5.08. The third-order valence-corrected chi connectivity index (χ3v) is 6.95. The van der Waals surface area contributed by atoms with Gasteiger partial charge in [-0.15, -0.1) is 0 Å². The van der Waals surface area contributed by atoms with E-state index >= 15 is 0 Å². The van der Waals surface area contributed by atoms with Crippen LogP contribution >= 0.6 is 0 Å². The van der Waals surface area contributed by atoms with Crippen molar-refractivity contribution in [3.63, 3.8) is 0 Å². The molecule has 4 nitrogen and oxygen atoms in total. The number of ether oxygens (including phenoxy) is 1. The van der Waals surface area contributed by atoms with Gasteiger partial charge in [-0.2, -0.15) is 13.2 Å². The second-order valence-electron chi connectivity index (χ2n) is 7.22. The van der Waals surface area contributed by atoms with E-state index in [9.17, 15) is 34.8 Å². The minimum Gasteiger partial charge on any atom is -0.496 e. The van der Waals surface area contributed by atoms with Crippen molar-refractivity contribution in [2.75, 3.05) is 24.3 Å². The van der Waals surface area contributed by atoms with Crippen molar-refractivity contribution >= 4 is 21.2 Å². The van der Waals surface area contributed by atoms with Crippen LogP contribution in [-0.4, -0.2) is 34.3 Å². The van der Waals surface area contributed by atoms with E-state index < -0.39 is 62.6 Å². The Bertz CT molecular complexity index is 1040. The molecule has 1 unspecified atom stereocenters. The highest BCUT2D eigenvalue weighted by Gasteiger charge is 2.40. The largest absolute Gasteiger partial charge is 0.496 e. The number of benzene rings is 2. The van der Waals surface area contributed by atoms with Crippen molar-refractivity contribution < 1.29 is 39.5 Å². The van der Waals surface area contributed by atoms with Crippen LogP contribution < -0.4 is 9.64 Å². The molecule has 1 heterocycles. The fourth-order valence-electron chi connectivity index (χ4n) is 3.61. The summed E-state index contributed by atoms with van der Waals surface area (Å²) >= 11 is 0. The Morgan fingerprint density at radius 1 is 1.16 bits per heavy atom. The van der Waals surface area contributed by atoms with Gasteiger partial charge in [0.25, 0.3) is 0 Å². The first kappa shape index (κ1) is 23.2. The number of hydrogen-bond donors (Lipinski definition) is 0. The van der Waals surface area contributed by atoms with E-state index in [1.54, 1.807) is 0 Å². The Hall–Kier alpha value is -2.43. The summed E-state index contributed by atoms with van der Waals surface area (Å²) in [5, 5.41) is 0. The number of alkyl halides is 5. The van der Waals surface area contributed by atoms with Crippen LogP contribution in [0.2, 0.25) is 0 Å². The molecule has 2 aromatic carbocycles. The molecular formula is C20H19F6NO3S. The smallest absolute Gasteiger partial charge is 0.420 e. The lowest BCUT2D eigenvalue weighted by atomic mass is 10.0. The molecule has 0 saturated carbocycles. The molecule has 31 heavy (non-hydrogen) atoms. The molecule has 0 N–H and O–H groups in total. The van der Waals surface area contributed by atoms with Crippen LogP contribution in [-0.2, 0) is 16.0 Å². The molecule has 0 bridgehead atoms. The molecule has 0 aromatic heterocycles. The van der Waals surface area contributed by atoms with Crippen molar-refractivity contribution in [1.29, 1.82) is 0 Å². The molecule has 170 valence electrons. The van der Waals surface area contributed by atoms with Crippen LogP contribution in [0.3, 0.4) is 0 Å². The average Bonchev–Trinajstić information content (AvgIpc) is 2.79. The molecule has 1 aliphatic rings. The quantitative estimate of drug-likeness (QED) is 0.550. The lowest BCUT2D eigenvalue weighted by molar-refractivity contribution is -0.138. The van der Waals surface area contributed by atoms with Gasteiger partial charge in [-0.3, -0.25) is 0 Å². The van der Waals surface area contributed by atoms with Gasteiger partial charge in [0.1, 0.15) is 11.6 Å². The summed E-state index contributed by atoms with van der Waals surface area (Å²) in [6.45, 7) is -0.131. The Morgan fingerprint density at radius 3 is 2.35 bits per heavy atom.